The summed E-state index contributed by atoms with van der Waals surface area (Å²) in [5.41, 5.74) is 3.57. The van der Waals surface area contributed by atoms with Crippen LogP contribution in [0.5, 0.6) is 5.75 Å². The number of methoxy groups -OCH3 is 1. The molecule has 0 aliphatic heterocycles. The SMILES string of the molecule is COc1ccccc1C(=O)Nc1[nH]cc(-c2ccccc2C)c1C#N. The molecule has 5 heteroatoms. The van der Waals surface area contributed by atoms with Crippen LogP contribution in [0.2, 0.25) is 0 Å². The number of ether oxygens (including phenoxy) is 1. The molecular formula is C20H17N3O2. The predicted molar refractivity (Wildman–Crippen MR) is 96.6 cm³/mol. The normalized spacial score (nSPS) is 10.1. The third-order valence-corrected chi connectivity index (χ3v) is 4.02. The Labute approximate surface area is 145 Å². The van der Waals surface area contributed by atoms with Gasteiger partial charge >= 0.3 is 0 Å². The van der Waals surface area contributed by atoms with Crippen molar-refractivity contribution in [1.29, 1.82) is 5.26 Å². The highest BCUT2D eigenvalue weighted by molar-refractivity contribution is 6.06. The van der Waals surface area contributed by atoms with Crippen molar-refractivity contribution in [2.24, 2.45) is 0 Å². The van der Waals surface area contributed by atoms with Crippen molar-refractivity contribution < 1.29 is 9.53 Å². The molecule has 0 aliphatic rings. The van der Waals surface area contributed by atoms with E-state index in [-0.39, 0.29) is 5.91 Å². The predicted octanol–water partition coefficient (Wildman–Crippen LogP) is 4.12. The number of nitrogens with one attached hydrogen (secondary N) is 2. The highest BCUT2D eigenvalue weighted by Crippen LogP contribution is 2.31. The maximum absolute atomic E-state index is 12.6. The van der Waals surface area contributed by atoms with Crippen molar-refractivity contribution in [2.75, 3.05) is 12.4 Å². The fourth-order valence-electron chi connectivity index (χ4n) is 2.74. The first-order valence-corrected chi connectivity index (χ1v) is 7.77. The van der Waals surface area contributed by atoms with E-state index in [1.807, 2.05) is 31.2 Å². The highest BCUT2D eigenvalue weighted by atomic mass is 16.5. The fourth-order valence-corrected chi connectivity index (χ4v) is 2.74. The van der Waals surface area contributed by atoms with Crippen molar-refractivity contribution in [2.45, 2.75) is 6.92 Å². The smallest absolute Gasteiger partial charge is 0.260 e. The number of carbonyl (C=O) groups is 1. The van der Waals surface area contributed by atoms with E-state index in [1.165, 1.54) is 7.11 Å². The van der Waals surface area contributed by atoms with Crippen molar-refractivity contribution >= 4 is 11.7 Å². The van der Waals surface area contributed by atoms with Crippen LogP contribution in [-0.4, -0.2) is 18.0 Å². The summed E-state index contributed by atoms with van der Waals surface area (Å²) in [5, 5.41) is 12.3. The molecule has 0 aliphatic carbocycles. The van der Waals surface area contributed by atoms with Crippen molar-refractivity contribution in [1.82, 2.24) is 4.98 Å². The zero-order valence-corrected chi connectivity index (χ0v) is 14.0. The van der Waals surface area contributed by atoms with E-state index in [9.17, 15) is 10.1 Å². The van der Waals surface area contributed by atoms with Gasteiger partial charge in [-0.3, -0.25) is 4.79 Å². The lowest BCUT2D eigenvalue weighted by atomic mass is 10.00. The molecule has 2 aromatic carbocycles. The van der Waals surface area contributed by atoms with E-state index in [0.29, 0.717) is 22.7 Å². The third kappa shape index (κ3) is 3.10. The Morgan fingerprint density at radius 3 is 2.56 bits per heavy atom. The molecule has 0 radical (unpaired) electrons. The van der Waals surface area contributed by atoms with E-state index in [4.69, 9.17) is 4.74 Å². The number of hydrogen-bond acceptors (Lipinski definition) is 3. The van der Waals surface area contributed by atoms with Crippen LogP contribution >= 0.6 is 0 Å². The molecule has 0 saturated carbocycles. The average Bonchev–Trinajstić information content (AvgIpc) is 3.04. The number of benzene rings is 2. The number of anilines is 1. The number of aryl methyl sites for hydroxylation is 1. The molecule has 25 heavy (non-hydrogen) atoms. The Kier molecular flexibility index (Phi) is 4.53. The number of aromatic nitrogens is 1. The quantitative estimate of drug-likeness (QED) is 0.755. The Hall–Kier alpha value is -3.52. The van der Waals surface area contributed by atoms with Crippen LogP contribution in [0.1, 0.15) is 21.5 Å². The van der Waals surface area contributed by atoms with E-state index >= 15 is 0 Å². The number of para-hydroxylation sites is 1. The zero-order chi connectivity index (χ0) is 17.8. The van der Waals surface area contributed by atoms with Crippen LogP contribution in [0, 0.1) is 18.3 Å². The average molecular weight is 331 g/mol. The third-order valence-electron chi connectivity index (χ3n) is 4.02. The van der Waals surface area contributed by atoms with Crippen LogP contribution in [-0.2, 0) is 0 Å². The highest BCUT2D eigenvalue weighted by Gasteiger charge is 2.18. The summed E-state index contributed by atoms with van der Waals surface area (Å²) in [6.07, 6.45) is 1.73. The topological polar surface area (TPSA) is 77.9 Å². The summed E-state index contributed by atoms with van der Waals surface area (Å²) >= 11 is 0. The van der Waals surface area contributed by atoms with Crippen molar-refractivity contribution in [3.63, 3.8) is 0 Å². The molecule has 1 aromatic heterocycles. The zero-order valence-electron chi connectivity index (χ0n) is 14.0. The van der Waals surface area contributed by atoms with Gasteiger partial charge in [0, 0.05) is 11.8 Å². The summed E-state index contributed by atoms with van der Waals surface area (Å²) in [4.78, 5) is 15.5. The van der Waals surface area contributed by atoms with E-state index in [1.54, 1.807) is 30.5 Å². The summed E-state index contributed by atoms with van der Waals surface area (Å²) in [6.45, 7) is 1.98. The number of amides is 1. The van der Waals surface area contributed by atoms with Crippen LogP contribution < -0.4 is 10.1 Å². The molecule has 0 atom stereocenters. The van der Waals surface area contributed by atoms with Gasteiger partial charge < -0.3 is 15.0 Å². The summed E-state index contributed by atoms with van der Waals surface area (Å²) in [7, 11) is 1.51. The van der Waals surface area contributed by atoms with E-state index in [2.05, 4.69) is 16.4 Å². The van der Waals surface area contributed by atoms with Crippen LogP contribution in [0.15, 0.2) is 54.7 Å². The summed E-state index contributed by atoms with van der Waals surface area (Å²) < 4.78 is 5.21. The number of nitrogens with zero attached hydrogens (tertiary/aromatic N) is 1. The number of aromatic amines is 1. The molecule has 0 saturated heterocycles. The van der Waals surface area contributed by atoms with Gasteiger partial charge in [-0.05, 0) is 30.2 Å². The second-order valence-corrected chi connectivity index (χ2v) is 5.53. The van der Waals surface area contributed by atoms with Crippen LogP contribution in [0.25, 0.3) is 11.1 Å². The number of carbonyl (C=O) groups excluding carboxylic acids is 1. The van der Waals surface area contributed by atoms with Gasteiger partial charge in [-0.1, -0.05) is 36.4 Å². The van der Waals surface area contributed by atoms with E-state index in [0.717, 1.165) is 16.7 Å². The molecule has 2 N–H and O–H groups in total. The van der Waals surface area contributed by atoms with Crippen molar-refractivity contribution in [3.8, 4) is 22.9 Å². The second-order valence-electron chi connectivity index (χ2n) is 5.53. The second kappa shape index (κ2) is 6.93. The number of hydrogen-bond donors (Lipinski definition) is 2. The first-order valence-electron chi connectivity index (χ1n) is 7.77. The lowest BCUT2D eigenvalue weighted by Gasteiger charge is -2.08. The molecule has 0 unspecified atom stereocenters. The molecule has 1 amide bonds. The number of rotatable bonds is 4. The minimum absolute atomic E-state index is 0.341. The first-order chi connectivity index (χ1) is 12.2. The Bertz CT molecular complexity index is 967. The van der Waals surface area contributed by atoms with Gasteiger partial charge in [0.2, 0.25) is 0 Å². The molecule has 5 nitrogen and oxygen atoms in total. The molecule has 124 valence electrons. The monoisotopic (exact) mass is 331 g/mol. The minimum Gasteiger partial charge on any atom is -0.496 e. The van der Waals surface area contributed by atoms with Gasteiger partial charge in [0.15, 0.2) is 0 Å². The number of nitriles is 1. The van der Waals surface area contributed by atoms with Gasteiger partial charge in [0.05, 0.1) is 12.7 Å². The molecular weight excluding hydrogens is 314 g/mol. The van der Waals surface area contributed by atoms with Crippen LogP contribution in [0.4, 0.5) is 5.82 Å². The molecule has 0 spiro atoms. The summed E-state index contributed by atoms with van der Waals surface area (Å²) in [6, 6.07) is 16.9. The van der Waals surface area contributed by atoms with Gasteiger partial charge in [-0.15, -0.1) is 0 Å². The van der Waals surface area contributed by atoms with Gasteiger partial charge in [0.25, 0.3) is 5.91 Å². The Morgan fingerprint density at radius 2 is 1.84 bits per heavy atom. The van der Waals surface area contributed by atoms with Gasteiger partial charge in [-0.25, -0.2) is 0 Å². The molecule has 1 heterocycles. The molecule has 0 bridgehead atoms. The summed E-state index contributed by atoms with van der Waals surface area (Å²) in [5.74, 6) is 0.507. The standard InChI is InChI=1S/C20H17N3O2/c1-13-7-3-4-8-14(13)17-12-22-19(16(17)11-21)23-20(24)15-9-5-6-10-18(15)25-2/h3-10,12,22H,1-2H3,(H,23,24). The molecule has 3 aromatic rings. The van der Waals surface area contributed by atoms with Gasteiger partial charge in [0.1, 0.15) is 23.2 Å². The fraction of sp³-hybridized carbons (Fsp3) is 0.100. The largest absolute Gasteiger partial charge is 0.496 e. The van der Waals surface area contributed by atoms with Gasteiger partial charge in [-0.2, -0.15) is 5.26 Å². The lowest BCUT2D eigenvalue weighted by molar-refractivity contribution is 0.102. The van der Waals surface area contributed by atoms with Crippen LogP contribution in [0.3, 0.4) is 0 Å². The maximum atomic E-state index is 12.6. The number of H-pyrrole nitrogens is 1. The first kappa shape index (κ1) is 16.3. The lowest BCUT2D eigenvalue weighted by Crippen LogP contribution is -2.14. The Balaban J connectivity index is 1.96. The minimum atomic E-state index is -0.341. The van der Waals surface area contributed by atoms with E-state index < -0.39 is 0 Å². The molecule has 3 rings (SSSR count). The van der Waals surface area contributed by atoms with Crippen molar-refractivity contribution in [3.05, 3.63) is 71.4 Å². The maximum Gasteiger partial charge on any atom is 0.260 e. The molecule has 0 fully saturated rings. The Morgan fingerprint density at radius 1 is 1.12 bits per heavy atom.